The lowest BCUT2D eigenvalue weighted by Gasteiger charge is -2.17. The molecule has 0 aliphatic carbocycles. The van der Waals surface area contributed by atoms with E-state index >= 15 is 0 Å². The maximum Gasteiger partial charge on any atom is 0.119 e. The predicted octanol–water partition coefficient (Wildman–Crippen LogP) is 3.21. The summed E-state index contributed by atoms with van der Waals surface area (Å²) in [4.78, 5) is 0. The first kappa shape index (κ1) is 14.4. The Morgan fingerprint density at radius 2 is 1.65 bits per heavy atom. The Kier molecular flexibility index (Phi) is 5.02. The van der Waals surface area contributed by atoms with E-state index in [0.29, 0.717) is 0 Å². The fourth-order valence-corrected chi connectivity index (χ4v) is 2.24. The van der Waals surface area contributed by atoms with Gasteiger partial charge in [-0.3, -0.25) is 0 Å². The average molecular weight is 271 g/mol. The maximum absolute atomic E-state index is 5.29. The topological polar surface area (TPSA) is 30.5 Å². The summed E-state index contributed by atoms with van der Waals surface area (Å²) in [6.45, 7) is 0. The number of hydrogen-bond donors (Lipinski definition) is 1. The molecule has 3 nitrogen and oxygen atoms in total. The zero-order valence-corrected chi connectivity index (χ0v) is 12.2. The average Bonchev–Trinajstić information content (AvgIpc) is 2.53. The molecule has 0 heterocycles. The molecule has 0 aliphatic rings. The fourth-order valence-electron chi connectivity index (χ4n) is 2.24. The fraction of sp³-hybridized carbons (Fsp3) is 0.294. The van der Waals surface area contributed by atoms with Gasteiger partial charge in [0.25, 0.3) is 0 Å². The molecule has 0 amide bonds. The molecule has 1 atom stereocenters. The van der Waals surface area contributed by atoms with Crippen molar-refractivity contribution in [1.29, 1.82) is 0 Å². The van der Waals surface area contributed by atoms with Gasteiger partial charge in [0, 0.05) is 6.04 Å². The molecule has 1 N–H and O–H groups in total. The van der Waals surface area contributed by atoms with Gasteiger partial charge in [-0.15, -0.1) is 0 Å². The van der Waals surface area contributed by atoms with Crippen LogP contribution in [0, 0.1) is 0 Å². The third kappa shape index (κ3) is 3.52. The van der Waals surface area contributed by atoms with E-state index in [-0.39, 0.29) is 6.04 Å². The Labute approximate surface area is 120 Å². The van der Waals surface area contributed by atoms with E-state index in [1.54, 1.807) is 14.2 Å². The van der Waals surface area contributed by atoms with Crippen molar-refractivity contribution in [3.05, 3.63) is 59.7 Å². The first-order valence-corrected chi connectivity index (χ1v) is 6.71. The van der Waals surface area contributed by atoms with Crippen molar-refractivity contribution in [3.63, 3.8) is 0 Å². The second-order valence-electron chi connectivity index (χ2n) is 4.67. The molecule has 0 radical (unpaired) electrons. The highest BCUT2D eigenvalue weighted by Crippen LogP contribution is 2.23. The lowest BCUT2D eigenvalue weighted by atomic mass is 9.99. The van der Waals surface area contributed by atoms with Crippen molar-refractivity contribution in [1.82, 2.24) is 5.32 Å². The summed E-state index contributed by atoms with van der Waals surface area (Å²) >= 11 is 0. The SMILES string of the molecule is CNC(Cc1ccc(OC)cc1)c1cccc(OC)c1. The van der Waals surface area contributed by atoms with Crippen molar-refractivity contribution < 1.29 is 9.47 Å². The first-order valence-electron chi connectivity index (χ1n) is 6.71. The highest BCUT2D eigenvalue weighted by atomic mass is 16.5. The first-order chi connectivity index (χ1) is 9.76. The van der Waals surface area contributed by atoms with Gasteiger partial charge >= 0.3 is 0 Å². The molecular weight excluding hydrogens is 250 g/mol. The third-order valence-electron chi connectivity index (χ3n) is 3.44. The molecule has 0 fully saturated rings. The number of methoxy groups -OCH3 is 2. The van der Waals surface area contributed by atoms with E-state index in [2.05, 4.69) is 29.6 Å². The number of hydrogen-bond acceptors (Lipinski definition) is 3. The lowest BCUT2D eigenvalue weighted by molar-refractivity contribution is 0.413. The maximum atomic E-state index is 5.29. The summed E-state index contributed by atoms with van der Waals surface area (Å²) < 4.78 is 10.5. The Morgan fingerprint density at radius 3 is 2.25 bits per heavy atom. The van der Waals surface area contributed by atoms with Crippen LogP contribution < -0.4 is 14.8 Å². The molecule has 0 bridgehead atoms. The van der Waals surface area contributed by atoms with Gasteiger partial charge in [-0.2, -0.15) is 0 Å². The van der Waals surface area contributed by atoms with Gasteiger partial charge in [0.15, 0.2) is 0 Å². The van der Waals surface area contributed by atoms with E-state index in [9.17, 15) is 0 Å². The number of ether oxygens (including phenoxy) is 2. The normalized spacial score (nSPS) is 11.9. The van der Waals surface area contributed by atoms with E-state index < -0.39 is 0 Å². The van der Waals surface area contributed by atoms with Crippen molar-refractivity contribution >= 4 is 0 Å². The van der Waals surface area contributed by atoms with Crippen LogP contribution in [0.3, 0.4) is 0 Å². The van der Waals surface area contributed by atoms with Gasteiger partial charge < -0.3 is 14.8 Å². The van der Waals surface area contributed by atoms with E-state index in [4.69, 9.17) is 9.47 Å². The molecule has 0 spiro atoms. The van der Waals surface area contributed by atoms with Gasteiger partial charge in [0.05, 0.1) is 14.2 Å². The molecule has 0 aromatic heterocycles. The largest absolute Gasteiger partial charge is 0.497 e. The standard InChI is InChI=1S/C17H21NO2/c1-18-17(14-5-4-6-16(12-14)20-3)11-13-7-9-15(19-2)10-8-13/h4-10,12,17-18H,11H2,1-3H3. The lowest BCUT2D eigenvalue weighted by Crippen LogP contribution is -2.18. The van der Waals surface area contributed by atoms with Crippen LogP contribution in [0.1, 0.15) is 17.2 Å². The number of likely N-dealkylation sites (N-methyl/N-ethyl adjacent to an activating group) is 1. The molecule has 2 aromatic rings. The summed E-state index contributed by atoms with van der Waals surface area (Å²) in [5.41, 5.74) is 2.50. The summed E-state index contributed by atoms with van der Waals surface area (Å²) in [5, 5.41) is 3.36. The van der Waals surface area contributed by atoms with Crippen molar-refractivity contribution in [2.24, 2.45) is 0 Å². The quantitative estimate of drug-likeness (QED) is 0.875. The van der Waals surface area contributed by atoms with Crippen LogP contribution >= 0.6 is 0 Å². The van der Waals surface area contributed by atoms with Crippen molar-refractivity contribution in [2.75, 3.05) is 21.3 Å². The number of nitrogens with one attached hydrogen (secondary N) is 1. The van der Waals surface area contributed by atoms with Gasteiger partial charge in [-0.25, -0.2) is 0 Å². The van der Waals surface area contributed by atoms with Crippen LogP contribution in [0.15, 0.2) is 48.5 Å². The van der Waals surface area contributed by atoms with Crippen LogP contribution in [0.2, 0.25) is 0 Å². The van der Waals surface area contributed by atoms with Crippen LogP contribution in [0.4, 0.5) is 0 Å². The minimum atomic E-state index is 0.262. The van der Waals surface area contributed by atoms with E-state index in [1.807, 2.05) is 31.3 Å². The number of rotatable bonds is 6. The molecule has 106 valence electrons. The Balaban J connectivity index is 2.14. The molecular formula is C17H21NO2. The monoisotopic (exact) mass is 271 g/mol. The predicted molar refractivity (Wildman–Crippen MR) is 81.5 cm³/mol. The molecule has 0 saturated heterocycles. The van der Waals surface area contributed by atoms with Crippen molar-refractivity contribution in [2.45, 2.75) is 12.5 Å². The zero-order valence-electron chi connectivity index (χ0n) is 12.2. The summed E-state index contributed by atoms with van der Waals surface area (Å²) in [6.07, 6.45) is 0.924. The van der Waals surface area contributed by atoms with Crippen LogP contribution in [-0.4, -0.2) is 21.3 Å². The van der Waals surface area contributed by atoms with E-state index in [1.165, 1.54) is 11.1 Å². The van der Waals surface area contributed by atoms with E-state index in [0.717, 1.165) is 17.9 Å². The second kappa shape index (κ2) is 6.96. The van der Waals surface area contributed by atoms with Crippen LogP contribution in [0.5, 0.6) is 11.5 Å². The molecule has 2 aromatic carbocycles. The molecule has 2 rings (SSSR count). The highest BCUT2D eigenvalue weighted by Gasteiger charge is 2.11. The Morgan fingerprint density at radius 1 is 0.950 bits per heavy atom. The molecule has 3 heteroatoms. The minimum absolute atomic E-state index is 0.262. The summed E-state index contributed by atoms with van der Waals surface area (Å²) in [6, 6.07) is 16.6. The zero-order chi connectivity index (χ0) is 14.4. The molecule has 20 heavy (non-hydrogen) atoms. The van der Waals surface area contributed by atoms with Crippen LogP contribution in [-0.2, 0) is 6.42 Å². The Bertz CT molecular complexity index is 537. The second-order valence-corrected chi connectivity index (χ2v) is 4.67. The highest BCUT2D eigenvalue weighted by molar-refractivity contribution is 5.33. The third-order valence-corrected chi connectivity index (χ3v) is 3.44. The minimum Gasteiger partial charge on any atom is -0.497 e. The molecule has 0 aliphatic heterocycles. The van der Waals surface area contributed by atoms with Gasteiger partial charge in [0.1, 0.15) is 11.5 Å². The smallest absolute Gasteiger partial charge is 0.119 e. The van der Waals surface area contributed by atoms with Gasteiger partial charge in [-0.05, 0) is 48.9 Å². The molecule has 1 unspecified atom stereocenters. The summed E-state index contributed by atoms with van der Waals surface area (Å²) in [5.74, 6) is 1.77. The van der Waals surface area contributed by atoms with Gasteiger partial charge in [0.2, 0.25) is 0 Å². The Hall–Kier alpha value is -2.00. The summed E-state index contributed by atoms with van der Waals surface area (Å²) in [7, 11) is 5.35. The van der Waals surface area contributed by atoms with Crippen molar-refractivity contribution in [3.8, 4) is 11.5 Å². The van der Waals surface area contributed by atoms with Crippen LogP contribution in [0.25, 0.3) is 0 Å². The molecule has 0 saturated carbocycles. The van der Waals surface area contributed by atoms with Gasteiger partial charge in [-0.1, -0.05) is 24.3 Å². The number of benzene rings is 2.